The summed E-state index contributed by atoms with van der Waals surface area (Å²) in [6.07, 6.45) is 0. The Morgan fingerprint density at radius 3 is 2.47 bits per heavy atom. The first kappa shape index (κ1) is 13.5. The monoisotopic (exact) mass is 344 g/mol. The van der Waals surface area contributed by atoms with Crippen molar-refractivity contribution in [1.82, 2.24) is 9.62 Å². The summed E-state index contributed by atoms with van der Waals surface area (Å²) in [4.78, 5) is 0.387. The molecule has 4 nitrogen and oxygen atoms in total. The van der Waals surface area contributed by atoms with Gasteiger partial charge in [-0.25, -0.2) is 8.42 Å². The van der Waals surface area contributed by atoms with Crippen molar-refractivity contribution in [2.75, 3.05) is 26.2 Å². The van der Waals surface area contributed by atoms with Crippen LogP contribution in [0.15, 0.2) is 27.6 Å². The molecule has 2 heterocycles. The molecule has 0 saturated carbocycles. The van der Waals surface area contributed by atoms with Crippen LogP contribution in [0, 0.1) is 18.8 Å². The molecule has 1 aromatic rings. The van der Waals surface area contributed by atoms with E-state index in [0.29, 0.717) is 29.8 Å². The number of benzene rings is 1. The van der Waals surface area contributed by atoms with E-state index < -0.39 is 10.0 Å². The van der Waals surface area contributed by atoms with Crippen molar-refractivity contribution >= 4 is 26.0 Å². The Labute approximate surface area is 122 Å². The number of hydrogen-bond acceptors (Lipinski definition) is 3. The average Bonchev–Trinajstić information content (AvgIpc) is 2.93. The van der Waals surface area contributed by atoms with E-state index in [2.05, 4.69) is 21.2 Å². The molecule has 2 fully saturated rings. The van der Waals surface area contributed by atoms with Gasteiger partial charge >= 0.3 is 0 Å². The third-order valence-corrected chi connectivity index (χ3v) is 6.82. The molecule has 2 atom stereocenters. The zero-order valence-corrected chi connectivity index (χ0v) is 13.2. The summed E-state index contributed by atoms with van der Waals surface area (Å²) >= 11 is 3.40. The van der Waals surface area contributed by atoms with Gasteiger partial charge in [-0.3, -0.25) is 0 Å². The number of aryl methyl sites for hydroxylation is 1. The van der Waals surface area contributed by atoms with Gasteiger partial charge in [-0.15, -0.1) is 0 Å². The fraction of sp³-hybridized carbons (Fsp3) is 0.538. The molecular formula is C13H17BrN2O2S. The minimum atomic E-state index is -3.34. The van der Waals surface area contributed by atoms with Crippen molar-refractivity contribution in [2.45, 2.75) is 11.8 Å². The van der Waals surface area contributed by atoms with Crippen molar-refractivity contribution in [2.24, 2.45) is 11.8 Å². The molecule has 6 heteroatoms. The van der Waals surface area contributed by atoms with Crippen LogP contribution in [0.3, 0.4) is 0 Å². The first-order chi connectivity index (χ1) is 8.98. The maximum atomic E-state index is 12.6. The Kier molecular flexibility index (Phi) is 3.45. The van der Waals surface area contributed by atoms with Crippen molar-refractivity contribution in [1.29, 1.82) is 0 Å². The molecule has 2 saturated heterocycles. The Bertz CT molecular complexity index is 591. The highest BCUT2D eigenvalue weighted by Crippen LogP contribution is 2.31. The van der Waals surface area contributed by atoms with Crippen LogP contribution in [-0.2, 0) is 10.0 Å². The minimum Gasteiger partial charge on any atom is -0.316 e. The van der Waals surface area contributed by atoms with E-state index in [0.717, 1.165) is 23.1 Å². The Hall–Kier alpha value is -0.430. The highest BCUT2D eigenvalue weighted by molar-refractivity contribution is 9.10. The Morgan fingerprint density at radius 2 is 1.89 bits per heavy atom. The van der Waals surface area contributed by atoms with E-state index in [4.69, 9.17) is 0 Å². The zero-order valence-electron chi connectivity index (χ0n) is 10.8. The lowest BCUT2D eigenvalue weighted by molar-refractivity contribution is 0.448. The second kappa shape index (κ2) is 4.84. The van der Waals surface area contributed by atoms with Crippen LogP contribution in [0.25, 0.3) is 0 Å². The zero-order chi connectivity index (χ0) is 13.6. The van der Waals surface area contributed by atoms with E-state index in [1.807, 2.05) is 13.0 Å². The molecule has 19 heavy (non-hydrogen) atoms. The summed E-state index contributed by atoms with van der Waals surface area (Å²) < 4.78 is 27.7. The lowest BCUT2D eigenvalue weighted by Gasteiger charge is -2.18. The third-order valence-electron chi connectivity index (χ3n) is 4.14. The quantitative estimate of drug-likeness (QED) is 0.886. The van der Waals surface area contributed by atoms with Gasteiger partial charge < -0.3 is 5.32 Å². The summed E-state index contributed by atoms with van der Waals surface area (Å²) in [6, 6.07) is 5.24. The normalized spacial score (nSPS) is 27.7. The second-order valence-corrected chi connectivity index (χ2v) is 8.20. The fourth-order valence-corrected chi connectivity index (χ4v) is 5.00. The molecule has 0 aliphatic carbocycles. The number of nitrogens with one attached hydrogen (secondary N) is 1. The Balaban J connectivity index is 1.88. The van der Waals surface area contributed by atoms with Gasteiger partial charge in [0.05, 0.1) is 4.90 Å². The summed E-state index contributed by atoms with van der Waals surface area (Å²) in [5, 5.41) is 3.32. The summed E-state index contributed by atoms with van der Waals surface area (Å²) in [7, 11) is -3.34. The van der Waals surface area contributed by atoms with Crippen LogP contribution in [0.2, 0.25) is 0 Å². The maximum absolute atomic E-state index is 12.6. The predicted molar refractivity (Wildman–Crippen MR) is 77.5 cm³/mol. The Morgan fingerprint density at radius 1 is 1.26 bits per heavy atom. The van der Waals surface area contributed by atoms with Gasteiger partial charge in [0.1, 0.15) is 0 Å². The highest BCUT2D eigenvalue weighted by atomic mass is 79.9. The second-order valence-electron chi connectivity index (χ2n) is 5.41. The van der Waals surface area contributed by atoms with Crippen molar-refractivity contribution in [3.05, 3.63) is 28.2 Å². The number of halogens is 1. The number of sulfonamides is 1. The molecular weight excluding hydrogens is 328 g/mol. The first-order valence-corrected chi connectivity index (χ1v) is 8.69. The van der Waals surface area contributed by atoms with Gasteiger partial charge in [-0.05, 0) is 49.5 Å². The number of fused-ring (bicyclic) bond motifs is 1. The minimum absolute atomic E-state index is 0.387. The molecule has 0 aromatic heterocycles. The molecule has 1 aromatic carbocycles. The predicted octanol–water partition coefficient (Wildman–Crippen LogP) is 1.60. The largest absolute Gasteiger partial charge is 0.316 e. The summed E-state index contributed by atoms with van der Waals surface area (Å²) in [5.74, 6) is 0.951. The SMILES string of the molecule is Cc1ccc(S(=O)(=O)N2C[C@H]3CNC[C@H]3C2)cc1Br. The molecule has 0 unspecified atom stereocenters. The molecule has 0 radical (unpaired) electrons. The summed E-state index contributed by atoms with van der Waals surface area (Å²) in [5.41, 5.74) is 1.04. The van der Waals surface area contributed by atoms with Gasteiger partial charge in [-0.1, -0.05) is 22.0 Å². The van der Waals surface area contributed by atoms with E-state index >= 15 is 0 Å². The van der Waals surface area contributed by atoms with Crippen LogP contribution < -0.4 is 5.32 Å². The smallest absolute Gasteiger partial charge is 0.243 e. The van der Waals surface area contributed by atoms with Crippen LogP contribution in [0.5, 0.6) is 0 Å². The van der Waals surface area contributed by atoms with Crippen LogP contribution >= 0.6 is 15.9 Å². The first-order valence-electron chi connectivity index (χ1n) is 6.45. The maximum Gasteiger partial charge on any atom is 0.243 e. The van der Waals surface area contributed by atoms with Gasteiger partial charge in [-0.2, -0.15) is 4.31 Å². The van der Waals surface area contributed by atoms with E-state index in [1.54, 1.807) is 16.4 Å². The summed E-state index contributed by atoms with van der Waals surface area (Å²) in [6.45, 7) is 5.12. The number of nitrogens with zero attached hydrogens (tertiary/aromatic N) is 1. The molecule has 0 amide bonds. The van der Waals surface area contributed by atoms with Gasteiger partial charge in [0.25, 0.3) is 0 Å². The van der Waals surface area contributed by atoms with Crippen LogP contribution in [0.4, 0.5) is 0 Å². The lowest BCUT2D eigenvalue weighted by Crippen LogP contribution is -2.31. The third kappa shape index (κ3) is 2.35. The van der Waals surface area contributed by atoms with Gasteiger partial charge in [0, 0.05) is 17.6 Å². The van der Waals surface area contributed by atoms with Gasteiger partial charge in [0.15, 0.2) is 0 Å². The molecule has 1 N–H and O–H groups in total. The average molecular weight is 345 g/mol. The van der Waals surface area contributed by atoms with Crippen LogP contribution in [-0.4, -0.2) is 38.9 Å². The number of hydrogen-bond donors (Lipinski definition) is 1. The molecule has 0 bridgehead atoms. The molecule has 104 valence electrons. The molecule has 0 spiro atoms. The van der Waals surface area contributed by atoms with E-state index in [9.17, 15) is 8.42 Å². The van der Waals surface area contributed by atoms with Crippen molar-refractivity contribution < 1.29 is 8.42 Å². The highest BCUT2D eigenvalue weighted by Gasteiger charge is 2.41. The topological polar surface area (TPSA) is 49.4 Å². The van der Waals surface area contributed by atoms with E-state index in [1.165, 1.54) is 0 Å². The van der Waals surface area contributed by atoms with Crippen molar-refractivity contribution in [3.8, 4) is 0 Å². The number of rotatable bonds is 2. The standard InChI is InChI=1S/C13H17BrN2O2S/c1-9-2-3-12(4-13(9)14)19(17,18)16-7-10-5-15-6-11(10)8-16/h2-4,10-11,15H,5-8H2,1H3/t10-,11+. The molecule has 3 rings (SSSR count). The van der Waals surface area contributed by atoms with Gasteiger partial charge in [0.2, 0.25) is 10.0 Å². The fourth-order valence-electron chi connectivity index (χ4n) is 2.89. The molecule has 2 aliphatic rings. The lowest BCUT2D eigenvalue weighted by atomic mass is 10.0. The van der Waals surface area contributed by atoms with Crippen LogP contribution in [0.1, 0.15) is 5.56 Å². The van der Waals surface area contributed by atoms with Crippen molar-refractivity contribution in [3.63, 3.8) is 0 Å². The van der Waals surface area contributed by atoms with E-state index in [-0.39, 0.29) is 0 Å². The molecule has 2 aliphatic heterocycles.